The topological polar surface area (TPSA) is 56.1 Å². The van der Waals surface area contributed by atoms with E-state index in [2.05, 4.69) is 10.5 Å². The molecule has 0 saturated carbocycles. The highest BCUT2D eigenvalue weighted by molar-refractivity contribution is 5.92. The van der Waals surface area contributed by atoms with Crippen molar-refractivity contribution in [2.45, 2.75) is 26.4 Å². The largest absolute Gasteiger partial charge is 0.295 e. The van der Waals surface area contributed by atoms with Gasteiger partial charge in [0.1, 0.15) is 5.69 Å². The molecule has 0 aliphatic rings. The molecule has 2 rings (SSSR count). The summed E-state index contributed by atoms with van der Waals surface area (Å²) in [6, 6.07) is 9.54. The van der Waals surface area contributed by atoms with Crippen LogP contribution in [0, 0.1) is 0 Å². The van der Waals surface area contributed by atoms with Gasteiger partial charge in [0.05, 0.1) is 18.1 Å². The maximum Gasteiger partial charge on any atom is 0.293 e. The van der Waals surface area contributed by atoms with E-state index in [1.807, 2.05) is 51.1 Å². The lowest BCUT2D eigenvalue weighted by Gasteiger charge is -2.19. The third-order valence-electron chi connectivity index (χ3n) is 2.36. The van der Waals surface area contributed by atoms with Crippen molar-refractivity contribution in [3.05, 3.63) is 48.5 Å². The number of hydrogen-bond donors (Lipinski definition) is 1. The minimum absolute atomic E-state index is 0.323. The number of carbonyl (C=O) groups excluding carboxylic acids is 1. The summed E-state index contributed by atoms with van der Waals surface area (Å²) in [6.07, 6.45) is 3.11. The maximum atomic E-state index is 12.0. The Morgan fingerprint density at radius 2 is 1.95 bits per heavy atom. The number of rotatable bonds is 3. The van der Waals surface area contributed by atoms with E-state index in [1.165, 1.54) is 6.20 Å². The average Bonchev–Trinajstić information content (AvgIpc) is 2.85. The summed E-state index contributed by atoms with van der Waals surface area (Å²) >= 11 is 0. The van der Waals surface area contributed by atoms with Gasteiger partial charge in [-0.1, -0.05) is 18.2 Å². The van der Waals surface area contributed by atoms with Gasteiger partial charge in [-0.2, -0.15) is 0 Å². The van der Waals surface area contributed by atoms with Crippen LogP contribution < -0.4 is 5.48 Å². The first-order valence-corrected chi connectivity index (χ1v) is 6.03. The monoisotopic (exact) mass is 259 g/mol. The highest BCUT2D eigenvalue weighted by Crippen LogP contribution is 2.11. The first-order valence-electron chi connectivity index (χ1n) is 6.03. The highest BCUT2D eigenvalue weighted by atomic mass is 16.7. The van der Waals surface area contributed by atoms with E-state index in [1.54, 1.807) is 10.9 Å². The van der Waals surface area contributed by atoms with Crippen LogP contribution in [0.2, 0.25) is 0 Å². The van der Waals surface area contributed by atoms with Gasteiger partial charge >= 0.3 is 0 Å². The van der Waals surface area contributed by atoms with Gasteiger partial charge in [0.2, 0.25) is 0 Å². The van der Waals surface area contributed by atoms with Gasteiger partial charge in [-0.15, -0.1) is 0 Å². The van der Waals surface area contributed by atoms with Crippen molar-refractivity contribution in [3.8, 4) is 5.69 Å². The molecule has 100 valence electrons. The Morgan fingerprint density at radius 1 is 1.26 bits per heavy atom. The molecule has 0 spiro atoms. The van der Waals surface area contributed by atoms with E-state index < -0.39 is 5.60 Å². The number of aromatic nitrogens is 2. The van der Waals surface area contributed by atoms with Crippen LogP contribution in [0.15, 0.2) is 42.9 Å². The van der Waals surface area contributed by atoms with E-state index in [9.17, 15) is 4.79 Å². The second-order valence-corrected chi connectivity index (χ2v) is 5.13. The van der Waals surface area contributed by atoms with Crippen LogP contribution in [0.1, 0.15) is 31.3 Å². The van der Waals surface area contributed by atoms with Gasteiger partial charge in [-0.25, -0.2) is 10.5 Å². The van der Waals surface area contributed by atoms with E-state index in [0.29, 0.717) is 5.69 Å². The van der Waals surface area contributed by atoms with Crippen molar-refractivity contribution in [1.29, 1.82) is 0 Å². The van der Waals surface area contributed by atoms with Crippen LogP contribution in [-0.4, -0.2) is 21.1 Å². The number of hydrogen-bond acceptors (Lipinski definition) is 3. The molecule has 5 nitrogen and oxygen atoms in total. The highest BCUT2D eigenvalue weighted by Gasteiger charge is 2.17. The van der Waals surface area contributed by atoms with E-state index in [4.69, 9.17) is 4.84 Å². The van der Waals surface area contributed by atoms with Crippen molar-refractivity contribution in [2.75, 3.05) is 0 Å². The Labute approximate surface area is 112 Å². The third-order valence-corrected chi connectivity index (χ3v) is 2.36. The Kier molecular flexibility index (Phi) is 3.66. The smallest absolute Gasteiger partial charge is 0.293 e. The zero-order chi connectivity index (χ0) is 13.9. The van der Waals surface area contributed by atoms with Crippen LogP contribution in [0.25, 0.3) is 5.69 Å². The number of nitrogens with zero attached hydrogens (tertiary/aromatic N) is 2. The molecule has 2 aromatic rings. The molecule has 0 atom stereocenters. The lowest BCUT2D eigenvalue weighted by Crippen LogP contribution is -2.34. The number of carbonyl (C=O) groups is 1. The van der Waals surface area contributed by atoms with Gasteiger partial charge in [0, 0.05) is 5.69 Å². The molecule has 1 heterocycles. The van der Waals surface area contributed by atoms with Crippen molar-refractivity contribution in [2.24, 2.45) is 0 Å². The first kappa shape index (κ1) is 13.3. The number of para-hydroxylation sites is 1. The Morgan fingerprint density at radius 3 is 2.58 bits per heavy atom. The SMILES string of the molecule is CC(C)(C)ONC(=O)c1cncn1-c1ccccc1. The molecule has 0 radical (unpaired) electrons. The Balaban J connectivity index is 2.18. The lowest BCUT2D eigenvalue weighted by atomic mass is 10.2. The second kappa shape index (κ2) is 5.24. The molecule has 1 N–H and O–H groups in total. The molecule has 1 aromatic carbocycles. The van der Waals surface area contributed by atoms with Gasteiger partial charge in [0.15, 0.2) is 0 Å². The number of nitrogens with one attached hydrogen (secondary N) is 1. The summed E-state index contributed by atoms with van der Waals surface area (Å²) in [5.41, 5.74) is 3.30. The number of benzene rings is 1. The lowest BCUT2D eigenvalue weighted by molar-refractivity contribution is -0.0592. The van der Waals surface area contributed by atoms with E-state index in [0.717, 1.165) is 5.69 Å². The van der Waals surface area contributed by atoms with Gasteiger partial charge in [-0.05, 0) is 32.9 Å². The number of amides is 1. The summed E-state index contributed by atoms with van der Waals surface area (Å²) in [6.45, 7) is 5.59. The van der Waals surface area contributed by atoms with Crippen LogP contribution in [0.4, 0.5) is 0 Å². The summed E-state index contributed by atoms with van der Waals surface area (Å²) in [5.74, 6) is -0.323. The van der Waals surface area contributed by atoms with Gasteiger partial charge in [-0.3, -0.25) is 14.2 Å². The summed E-state index contributed by atoms with van der Waals surface area (Å²) < 4.78 is 1.71. The molecule has 1 amide bonds. The van der Waals surface area contributed by atoms with Gasteiger partial charge < -0.3 is 0 Å². The fourth-order valence-corrected chi connectivity index (χ4v) is 1.51. The standard InChI is InChI=1S/C14H17N3O2/c1-14(2,3)19-16-13(18)12-9-15-10-17(12)11-7-5-4-6-8-11/h4-10H,1-3H3,(H,16,18). The molecule has 0 saturated heterocycles. The number of hydroxylamine groups is 1. The molecule has 19 heavy (non-hydrogen) atoms. The molecule has 0 unspecified atom stereocenters. The van der Waals surface area contributed by atoms with Crippen molar-refractivity contribution in [3.63, 3.8) is 0 Å². The van der Waals surface area contributed by atoms with Crippen LogP contribution in [0.3, 0.4) is 0 Å². The Bertz CT molecular complexity index is 556. The summed E-state index contributed by atoms with van der Waals surface area (Å²) in [5, 5.41) is 0. The molecule has 0 bridgehead atoms. The normalized spacial score (nSPS) is 11.3. The molecule has 1 aromatic heterocycles. The minimum Gasteiger partial charge on any atom is -0.295 e. The quantitative estimate of drug-likeness (QED) is 0.861. The van der Waals surface area contributed by atoms with Crippen LogP contribution in [-0.2, 0) is 4.84 Å². The molecule has 0 aliphatic heterocycles. The van der Waals surface area contributed by atoms with Crippen molar-refractivity contribution >= 4 is 5.91 Å². The molecule has 5 heteroatoms. The van der Waals surface area contributed by atoms with Crippen LogP contribution >= 0.6 is 0 Å². The van der Waals surface area contributed by atoms with Crippen molar-refractivity contribution < 1.29 is 9.63 Å². The summed E-state index contributed by atoms with van der Waals surface area (Å²) in [4.78, 5) is 21.3. The van der Waals surface area contributed by atoms with Crippen molar-refractivity contribution in [1.82, 2.24) is 15.0 Å². The molecular formula is C14H17N3O2. The van der Waals surface area contributed by atoms with E-state index >= 15 is 0 Å². The molecule has 0 aliphatic carbocycles. The fourth-order valence-electron chi connectivity index (χ4n) is 1.51. The number of imidazole rings is 1. The third kappa shape index (κ3) is 3.42. The van der Waals surface area contributed by atoms with E-state index in [-0.39, 0.29) is 5.91 Å². The average molecular weight is 259 g/mol. The predicted molar refractivity (Wildman–Crippen MR) is 71.9 cm³/mol. The molecular weight excluding hydrogens is 242 g/mol. The fraction of sp³-hybridized carbons (Fsp3) is 0.286. The minimum atomic E-state index is -0.437. The zero-order valence-electron chi connectivity index (χ0n) is 11.3. The van der Waals surface area contributed by atoms with Crippen LogP contribution in [0.5, 0.6) is 0 Å². The predicted octanol–water partition coefficient (Wildman–Crippen LogP) is 2.33. The van der Waals surface area contributed by atoms with Gasteiger partial charge in [0.25, 0.3) is 5.91 Å². The summed E-state index contributed by atoms with van der Waals surface area (Å²) in [7, 11) is 0. The maximum absolute atomic E-state index is 12.0. The second-order valence-electron chi connectivity index (χ2n) is 5.13. The molecule has 0 fully saturated rings. The Hall–Kier alpha value is -2.14. The first-order chi connectivity index (χ1) is 8.97. The zero-order valence-corrected chi connectivity index (χ0v) is 11.3.